The zero-order valence-corrected chi connectivity index (χ0v) is 15.0. The minimum absolute atomic E-state index is 0.000245. The van der Waals surface area contributed by atoms with E-state index >= 15 is 0 Å². The summed E-state index contributed by atoms with van der Waals surface area (Å²) < 4.78 is 12.3. The van der Waals surface area contributed by atoms with E-state index in [9.17, 15) is 4.79 Å². The maximum absolute atomic E-state index is 12.9. The highest BCUT2D eigenvalue weighted by Gasteiger charge is 2.15. The molecule has 0 aliphatic heterocycles. The van der Waals surface area contributed by atoms with Gasteiger partial charge in [0.2, 0.25) is 0 Å². The van der Waals surface area contributed by atoms with E-state index in [1.54, 1.807) is 25.1 Å². The second-order valence-corrected chi connectivity index (χ2v) is 6.85. The van der Waals surface area contributed by atoms with Crippen molar-refractivity contribution in [1.82, 2.24) is 9.55 Å². The number of benzene rings is 1. The molecule has 0 bridgehead atoms. The van der Waals surface area contributed by atoms with E-state index in [0.717, 1.165) is 16.0 Å². The van der Waals surface area contributed by atoms with Crippen molar-refractivity contribution in [3.8, 4) is 22.6 Å². The summed E-state index contributed by atoms with van der Waals surface area (Å²) in [7, 11) is 3.20. The van der Waals surface area contributed by atoms with E-state index < -0.39 is 0 Å². The Kier molecular flexibility index (Phi) is 4.57. The maximum atomic E-state index is 12.9. The van der Waals surface area contributed by atoms with E-state index in [1.807, 2.05) is 23.6 Å². The average Bonchev–Trinajstić information content (AvgIpc) is 3.01. The van der Waals surface area contributed by atoms with Crippen molar-refractivity contribution < 1.29 is 9.47 Å². The van der Waals surface area contributed by atoms with E-state index in [2.05, 4.69) is 18.8 Å². The molecule has 0 radical (unpaired) electrons. The van der Waals surface area contributed by atoms with Crippen LogP contribution in [0.3, 0.4) is 0 Å². The van der Waals surface area contributed by atoms with Gasteiger partial charge >= 0.3 is 0 Å². The Morgan fingerprint density at radius 1 is 1.21 bits per heavy atom. The van der Waals surface area contributed by atoms with Gasteiger partial charge in [0, 0.05) is 17.5 Å². The molecule has 0 N–H and O–H groups in total. The van der Waals surface area contributed by atoms with Gasteiger partial charge in [-0.1, -0.05) is 19.9 Å². The number of thiophene rings is 1. The Hall–Kier alpha value is -2.34. The lowest BCUT2D eigenvalue weighted by Gasteiger charge is -2.10. The Morgan fingerprint density at radius 2 is 1.96 bits per heavy atom. The van der Waals surface area contributed by atoms with Crippen LogP contribution in [0.25, 0.3) is 21.3 Å². The molecule has 0 spiro atoms. The minimum Gasteiger partial charge on any atom is -0.493 e. The Balaban J connectivity index is 2.18. The van der Waals surface area contributed by atoms with Crippen LogP contribution in [0, 0.1) is 5.92 Å². The first kappa shape index (κ1) is 16.5. The van der Waals surface area contributed by atoms with Crippen molar-refractivity contribution in [2.45, 2.75) is 20.4 Å². The van der Waals surface area contributed by atoms with Crippen LogP contribution in [0.1, 0.15) is 13.8 Å². The van der Waals surface area contributed by atoms with Crippen molar-refractivity contribution in [3.63, 3.8) is 0 Å². The fraction of sp³-hybridized carbons (Fsp3) is 0.333. The van der Waals surface area contributed by atoms with Gasteiger partial charge in [0.25, 0.3) is 5.56 Å². The molecule has 2 aromatic heterocycles. The van der Waals surface area contributed by atoms with Crippen molar-refractivity contribution in [3.05, 3.63) is 40.3 Å². The first-order valence-corrected chi connectivity index (χ1v) is 8.62. The molecule has 3 aromatic rings. The Bertz CT molecular complexity index is 928. The zero-order chi connectivity index (χ0) is 17.3. The van der Waals surface area contributed by atoms with Crippen LogP contribution < -0.4 is 15.0 Å². The van der Waals surface area contributed by atoms with Gasteiger partial charge in [-0.05, 0) is 23.6 Å². The summed E-state index contributed by atoms with van der Waals surface area (Å²) in [4.78, 5) is 18.1. The summed E-state index contributed by atoms with van der Waals surface area (Å²) in [5.74, 6) is 1.68. The number of aromatic nitrogens is 2. The van der Waals surface area contributed by atoms with Gasteiger partial charge < -0.3 is 9.47 Å². The molecule has 0 unspecified atom stereocenters. The molecule has 0 fully saturated rings. The molecule has 24 heavy (non-hydrogen) atoms. The topological polar surface area (TPSA) is 53.4 Å². The van der Waals surface area contributed by atoms with Crippen LogP contribution in [-0.4, -0.2) is 23.8 Å². The molecule has 3 rings (SSSR count). The summed E-state index contributed by atoms with van der Waals surface area (Å²) in [5, 5.41) is 2.63. The lowest BCUT2D eigenvalue weighted by Crippen LogP contribution is -2.22. The third-order valence-corrected chi connectivity index (χ3v) is 4.70. The molecular formula is C18H20N2O3S. The Morgan fingerprint density at radius 3 is 2.62 bits per heavy atom. The van der Waals surface area contributed by atoms with Gasteiger partial charge in [0.05, 0.1) is 25.9 Å². The molecule has 2 heterocycles. The predicted octanol–water partition coefficient (Wildman–Crippen LogP) is 3.80. The highest BCUT2D eigenvalue weighted by molar-refractivity contribution is 7.17. The van der Waals surface area contributed by atoms with Gasteiger partial charge in [-0.3, -0.25) is 9.36 Å². The zero-order valence-electron chi connectivity index (χ0n) is 14.2. The second kappa shape index (κ2) is 6.65. The standard InChI is InChI=1S/C18H20N2O3S/c1-11(2)8-20-10-19-17-16(18(20)21)13(9-24-17)12-5-6-14(22-3)15(7-12)23-4/h5-7,9-11H,8H2,1-4H3. The van der Waals surface area contributed by atoms with Gasteiger partial charge in [-0.15, -0.1) is 11.3 Å². The SMILES string of the molecule is COc1ccc(-c2csc3ncn(CC(C)C)c(=O)c23)cc1OC. The quantitative estimate of drug-likeness (QED) is 0.706. The molecule has 6 heteroatoms. The molecule has 0 saturated heterocycles. The fourth-order valence-electron chi connectivity index (χ4n) is 2.71. The third kappa shape index (κ3) is 2.89. The highest BCUT2D eigenvalue weighted by atomic mass is 32.1. The lowest BCUT2D eigenvalue weighted by atomic mass is 10.1. The van der Waals surface area contributed by atoms with Gasteiger partial charge in [0.15, 0.2) is 11.5 Å². The summed E-state index contributed by atoms with van der Waals surface area (Å²) >= 11 is 1.48. The van der Waals surface area contributed by atoms with Crippen molar-refractivity contribution >= 4 is 21.6 Å². The van der Waals surface area contributed by atoms with Crippen molar-refractivity contribution in [1.29, 1.82) is 0 Å². The smallest absolute Gasteiger partial charge is 0.262 e. The average molecular weight is 344 g/mol. The van der Waals surface area contributed by atoms with Crippen molar-refractivity contribution in [2.75, 3.05) is 14.2 Å². The van der Waals surface area contributed by atoms with Gasteiger partial charge in [-0.25, -0.2) is 4.98 Å². The van der Waals surface area contributed by atoms with Crippen molar-refractivity contribution in [2.24, 2.45) is 5.92 Å². The summed E-state index contributed by atoms with van der Waals surface area (Å²) in [6.07, 6.45) is 1.64. The largest absolute Gasteiger partial charge is 0.493 e. The van der Waals surface area contributed by atoms with Crippen LogP contribution >= 0.6 is 11.3 Å². The molecule has 0 aliphatic rings. The van der Waals surface area contributed by atoms with Crippen LogP contribution in [0.4, 0.5) is 0 Å². The fourth-order valence-corrected chi connectivity index (χ4v) is 3.61. The van der Waals surface area contributed by atoms with E-state index in [1.165, 1.54) is 11.3 Å². The number of nitrogens with zero attached hydrogens (tertiary/aromatic N) is 2. The molecule has 126 valence electrons. The van der Waals surface area contributed by atoms with E-state index in [0.29, 0.717) is 29.3 Å². The number of ether oxygens (including phenoxy) is 2. The van der Waals surface area contributed by atoms with Crippen LogP contribution in [0.5, 0.6) is 11.5 Å². The summed E-state index contributed by atoms with van der Waals surface area (Å²) in [6.45, 7) is 4.82. The number of rotatable bonds is 5. The van der Waals surface area contributed by atoms with Gasteiger partial charge in [-0.2, -0.15) is 0 Å². The maximum Gasteiger partial charge on any atom is 0.262 e. The molecule has 0 aliphatic carbocycles. The normalized spacial score (nSPS) is 11.2. The van der Waals surface area contributed by atoms with Gasteiger partial charge in [0.1, 0.15) is 4.83 Å². The van der Waals surface area contributed by atoms with Crippen LogP contribution in [-0.2, 0) is 6.54 Å². The van der Waals surface area contributed by atoms with Crippen LogP contribution in [0.15, 0.2) is 34.7 Å². The van der Waals surface area contributed by atoms with Crippen LogP contribution in [0.2, 0.25) is 0 Å². The number of methoxy groups -OCH3 is 2. The monoisotopic (exact) mass is 344 g/mol. The Labute approximate surface area is 144 Å². The number of hydrogen-bond donors (Lipinski definition) is 0. The minimum atomic E-state index is -0.000245. The molecule has 0 atom stereocenters. The summed E-state index contributed by atoms with van der Waals surface area (Å²) in [6, 6.07) is 5.67. The summed E-state index contributed by atoms with van der Waals surface area (Å²) in [5.41, 5.74) is 1.80. The third-order valence-electron chi connectivity index (χ3n) is 3.82. The highest BCUT2D eigenvalue weighted by Crippen LogP contribution is 2.36. The predicted molar refractivity (Wildman–Crippen MR) is 97.3 cm³/mol. The molecule has 1 aromatic carbocycles. The second-order valence-electron chi connectivity index (χ2n) is 6.00. The number of hydrogen-bond acceptors (Lipinski definition) is 5. The van der Waals surface area contributed by atoms with E-state index in [4.69, 9.17) is 9.47 Å². The molecule has 0 amide bonds. The molecule has 0 saturated carbocycles. The number of fused-ring (bicyclic) bond motifs is 1. The molecule has 5 nitrogen and oxygen atoms in total. The first-order valence-electron chi connectivity index (χ1n) is 7.74. The molecular weight excluding hydrogens is 324 g/mol. The first-order chi connectivity index (χ1) is 11.5. The van der Waals surface area contributed by atoms with E-state index in [-0.39, 0.29) is 5.56 Å². The lowest BCUT2D eigenvalue weighted by molar-refractivity contribution is 0.355.